The molecular weight excluding hydrogens is 399 g/mol. The van der Waals surface area contributed by atoms with Crippen molar-refractivity contribution < 1.29 is 51.4 Å². The van der Waals surface area contributed by atoms with Gasteiger partial charge in [-0.1, -0.05) is 79.2 Å². The minimum absolute atomic E-state index is 0. The molecule has 0 aromatic rings. The quantitative estimate of drug-likeness (QED) is 0.262. The number of rotatable bonds is 5. The zero-order valence-corrected chi connectivity index (χ0v) is 24.3. The van der Waals surface area contributed by atoms with Crippen LogP contribution in [0.15, 0.2) is 23.8 Å². The van der Waals surface area contributed by atoms with E-state index in [4.69, 9.17) is 0 Å². The van der Waals surface area contributed by atoms with Gasteiger partial charge in [0.25, 0.3) is 0 Å². The minimum atomic E-state index is 0. The van der Waals surface area contributed by atoms with Crippen LogP contribution in [0.4, 0.5) is 0 Å². The summed E-state index contributed by atoms with van der Waals surface area (Å²) in [7, 11) is 0. The van der Waals surface area contributed by atoms with Crippen molar-refractivity contribution in [3.8, 4) is 0 Å². The van der Waals surface area contributed by atoms with Crippen molar-refractivity contribution in [3.63, 3.8) is 0 Å². The topological polar surface area (TPSA) is 0 Å². The monoisotopic (exact) mass is 450 g/mol. The molecule has 3 fully saturated rings. The van der Waals surface area contributed by atoms with E-state index in [0.717, 1.165) is 41.4 Å². The summed E-state index contributed by atoms with van der Waals surface area (Å²) in [5.41, 5.74) is 2.90. The molecule has 0 nitrogen and oxygen atoms in total. The van der Waals surface area contributed by atoms with Crippen molar-refractivity contribution in [2.24, 2.45) is 52.3 Å². The van der Waals surface area contributed by atoms with Crippen LogP contribution in [0.1, 0.15) is 107 Å². The van der Waals surface area contributed by atoms with Gasteiger partial charge >= 0.3 is 51.4 Å². The standard InChI is InChI=1S/C29H47.CH4.K/c1-7-22(20(2)3)12-11-21(4)25-15-16-26-24-14-13-23-10-8-9-18-28(23,5)27(24)17-19-29(25,26)6;;/h8,11-13,20-22,24-27H,7,9-10,14-19H2,1-6H3;1H4;/q-1;;+1/b12-11+;;. The van der Waals surface area contributed by atoms with Crippen molar-refractivity contribution in [1.82, 2.24) is 0 Å². The zero-order chi connectivity index (χ0) is 20.8. The fraction of sp³-hybridized carbons (Fsp3) is 0.833. The van der Waals surface area contributed by atoms with E-state index in [2.05, 4.69) is 66.2 Å². The van der Waals surface area contributed by atoms with E-state index < -0.39 is 0 Å². The van der Waals surface area contributed by atoms with E-state index >= 15 is 0 Å². The molecule has 0 N–H and O–H groups in total. The molecule has 31 heavy (non-hydrogen) atoms. The van der Waals surface area contributed by atoms with Gasteiger partial charge in [0.05, 0.1) is 0 Å². The van der Waals surface area contributed by atoms with Crippen LogP contribution in [0.25, 0.3) is 0 Å². The van der Waals surface area contributed by atoms with Crippen LogP contribution in [-0.2, 0) is 0 Å². The average molecular weight is 451 g/mol. The van der Waals surface area contributed by atoms with Gasteiger partial charge in [0.1, 0.15) is 0 Å². The van der Waals surface area contributed by atoms with Crippen LogP contribution in [0.5, 0.6) is 0 Å². The summed E-state index contributed by atoms with van der Waals surface area (Å²) in [5, 5.41) is 0. The first-order chi connectivity index (χ1) is 13.8. The molecule has 4 rings (SSSR count). The third-order valence-electron chi connectivity index (χ3n) is 10.6. The van der Waals surface area contributed by atoms with Gasteiger partial charge in [0.15, 0.2) is 0 Å². The average Bonchev–Trinajstić information content (AvgIpc) is 3.05. The molecule has 0 radical (unpaired) electrons. The Kier molecular flexibility index (Phi) is 10.3. The van der Waals surface area contributed by atoms with Crippen LogP contribution in [0, 0.1) is 58.7 Å². The van der Waals surface area contributed by atoms with E-state index in [1.54, 1.807) is 5.57 Å². The molecule has 8 atom stereocenters. The van der Waals surface area contributed by atoms with Gasteiger partial charge in [-0.3, -0.25) is 0 Å². The summed E-state index contributed by atoms with van der Waals surface area (Å²) in [4.78, 5) is 0. The van der Waals surface area contributed by atoms with Crippen LogP contribution in [-0.4, -0.2) is 0 Å². The van der Waals surface area contributed by atoms with Gasteiger partial charge < -0.3 is 6.42 Å². The minimum Gasteiger partial charge on any atom is -0.325 e. The number of hydrogen-bond acceptors (Lipinski definition) is 0. The Morgan fingerprint density at radius 3 is 2.48 bits per heavy atom. The third kappa shape index (κ3) is 5.07. The first-order valence-corrected chi connectivity index (χ1v) is 13.0. The van der Waals surface area contributed by atoms with Gasteiger partial charge in [-0.2, -0.15) is 12.8 Å². The summed E-state index contributed by atoms with van der Waals surface area (Å²) in [6.07, 6.45) is 23.1. The maximum Gasteiger partial charge on any atom is 1.00 e. The van der Waals surface area contributed by atoms with E-state index in [1.165, 1.54) is 57.8 Å². The molecule has 0 spiro atoms. The Hall–Kier alpha value is 1.12. The molecular formula is C30H51K. The van der Waals surface area contributed by atoms with Crippen LogP contribution in [0.2, 0.25) is 0 Å². The summed E-state index contributed by atoms with van der Waals surface area (Å²) < 4.78 is 0. The SMILES string of the molecule is C.CCC(/C=C/C(C)C1CCC2C3CC=C4C[CH-]CCC4(C)C3CCC12C)C(C)C.[K+]. The van der Waals surface area contributed by atoms with Gasteiger partial charge in [-0.15, -0.1) is 0 Å². The fourth-order valence-electron chi connectivity index (χ4n) is 8.66. The number of allylic oxidation sites excluding steroid dienone is 4. The van der Waals surface area contributed by atoms with Gasteiger partial charge in [-0.25, -0.2) is 0 Å². The molecule has 4 aliphatic carbocycles. The third-order valence-corrected chi connectivity index (χ3v) is 10.6. The van der Waals surface area contributed by atoms with Crippen molar-refractivity contribution in [2.45, 2.75) is 107 Å². The first-order valence-electron chi connectivity index (χ1n) is 13.0. The second kappa shape index (κ2) is 11.2. The van der Waals surface area contributed by atoms with Gasteiger partial charge in [0.2, 0.25) is 0 Å². The predicted octanol–water partition coefficient (Wildman–Crippen LogP) is 6.28. The van der Waals surface area contributed by atoms with Crippen LogP contribution < -0.4 is 51.4 Å². The Balaban J connectivity index is 0.00000171. The maximum absolute atomic E-state index is 2.70. The van der Waals surface area contributed by atoms with E-state index in [0.29, 0.717) is 10.8 Å². The van der Waals surface area contributed by atoms with Crippen LogP contribution in [0.3, 0.4) is 0 Å². The van der Waals surface area contributed by atoms with E-state index in [-0.39, 0.29) is 58.8 Å². The van der Waals surface area contributed by atoms with Gasteiger partial charge in [0, 0.05) is 0 Å². The molecule has 0 aliphatic heterocycles. The second-order valence-electron chi connectivity index (χ2n) is 12.1. The van der Waals surface area contributed by atoms with Crippen molar-refractivity contribution in [2.75, 3.05) is 0 Å². The summed E-state index contributed by atoms with van der Waals surface area (Å²) >= 11 is 0. The molecule has 0 bridgehead atoms. The fourth-order valence-corrected chi connectivity index (χ4v) is 8.66. The van der Waals surface area contributed by atoms with Crippen molar-refractivity contribution >= 4 is 0 Å². The summed E-state index contributed by atoms with van der Waals surface area (Å²) in [6.45, 7) is 15.0. The zero-order valence-electron chi connectivity index (χ0n) is 21.2. The molecule has 0 aromatic carbocycles. The first kappa shape index (κ1) is 28.4. The summed E-state index contributed by atoms with van der Waals surface area (Å²) in [6, 6.07) is 0. The predicted molar refractivity (Wildman–Crippen MR) is 133 cm³/mol. The normalized spacial score (nSPS) is 41.3. The largest absolute Gasteiger partial charge is 1.00 e. The Morgan fingerprint density at radius 1 is 1.06 bits per heavy atom. The number of fused-ring (bicyclic) bond motifs is 5. The van der Waals surface area contributed by atoms with Crippen LogP contribution >= 0.6 is 0 Å². The molecule has 3 saturated carbocycles. The number of hydrogen-bond donors (Lipinski definition) is 0. The molecule has 172 valence electrons. The summed E-state index contributed by atoms with van der Waals surface area (Å²) in [5.74, 6) is 6.04. The molecule has 0 saturated heterocycles. The Labute approximate surface area is 238 Å². The second-order valence-corrected chi connectivity index (χ2v) is 12.1. The molecule has 0 aromatic heterocycles. The van der Waals surface area contributed by atoms with Crippen molar-refractivity contribution in [1.29, 1.82) is 0 Å². The Morgan fingerprint density at radius 2 is 1.81 bits per heavy atom. The molecule has 0 amide bonds. The van der Waals surface area contributed by atoms with Crippen molar-refractivity contribution in [3.05, 3.63) is 30.2 Å². The van der Waals surface area contributed by atoms with E-state index in [1.807, 2.05) is 0 Å². The maximum atomic E-state index is 2.70. The molecule has 8 unspecified atom stereocenters. The smallest absolute Gasteiger partial charge is 0.325 e. The van der Waals surface area contributed by atoms with E-state index in [9.17, 15) is 0 Å². The molecule has 0 heterocycles. The Bertz CT molecular complexity index is 645. The molecule has 4 aliphatic rings. The molecule has 1 heteroatoms. The van der Waals surface area contributed by atoms with Gasteiger partial charge in [-0.05, 0) is 90.8 Å².